The first-order chi connectivity index (χ1) is 12.9. The lowest BCUT2D eigenvalue weighted by Crippen LogP contribution is -2.40. The largest absolute Gasteiger partial charge is 0.379 e. The van der Waals surface area contributed by atoms with Gasteiger partial charge in [0.25, 0.3) is 0 Å². The maximum atomic E-state index is 12.6. The summed E-state index contributed by atoms with van der Waals surface area (Å²) >= 11 is 5.82. The van der Waals surface area contributed by atoms with Crippen molar-refractivity contribution >= 4 is 33.3 Å². The molecule has 1 fully saturated rings. The Labute approximate surface area is 163 Å². The second-order valence-electron chi connectivity index (χ2n) is 5.97. The number of anilines is 1. The Morgan fingerprint density at radius 3 is 2.30 bits per heavy atom. The molecule has 0 saturated carbocycles. The van der Waals surface area contributed by atoms with Gasteiger partial charge < -0.3 is 15.4 Å². The lowest BCUT2D eigenvalue weighted by molar-refractivity contribution is 0.0730. The van der Waals surface area contributed by atoms with E-state index in [9.17, 15) is 13.2 Å². The molecule has 2 aromatic rings. The number of ether oxygens (including phenoxy) is 1. The summed E-state index contributed by atoms with van der Waals surface area (Å²) in [6, 6.07) is 12.9. The Morgan fingerprint density at radius 2 is 1.67 bits per heavy atom. The molecule has 0 radical (unpaired) electrons. The topological polar surface area (TPSA) is 87.7 Å². The minimum Gasteiger partial charge on any atom is -0.379 e. The summed E-state index contributed by atoms with van der Waals surface area (Å²) in [4.78, 5) is 12.2. The van der Waals surface area contributed by atoms with E-state index in [0.717, 1.165) is 5.56 Å². The Bertz CT molecular complexity index is 880. The summed E-state index contributed by atoms with van der Waals surface area (Å²) in [5, 5.41) is 6.04. The highest BCUT2D eigenvalue weighted by atomic mass is 35.5. The van der Waals surface area contributed by atoms with Crippen molar-refractivity contribution < 1.29 is 17.9 Å². The number of hydrogen-bond acceptors (Lipinski definition) is 4. The first-order valence-corrected chi connectivity index (χ1v) is 10.2. The van der Waals surface area contributed by atoms with E-state index in [4.69, 9.17) is 16.3 Å². The van der Waals surface area contributed by atoms with Crippen LogP contribution in [0.1, 0.15) is 5.56 Å². The molecule has 1 heterocycles. The van der Waals surface area contributed by atoms with Crippen LogP contribution in [0.3, 0.4) is 0 Å². The first kappa shape index (κ1) is 19.6. The molecule has 3 rings (SSSR count). The van der Waals surface area contributed by atoms with Crippen LogP contribution >= 0.6 is 11.6 Å². The number of halogens is 1. The van der Waals surface area contributed by atoms with Crippen LogP contribution in [0.2, 0.25) is 5.02 Å². The third-order valence-electron chi connectivity index (χ3n) is 4.09. The first-order valence-electron chi connectivity index (χ1n) is 8.42. The van der Waals surface area contributed by atoms with Crippen LogP contribution in [0.15, 0.2) is 53.4 Å². The van der Waals surface area contributed by atoms with Crippen molar-refractivity contribution in [3.63, 3.8) is 0 Å². The predicted octanol–water partition coefficient (Wildman–Crippen LogP) is 2.68. The van der Waals surface area contributed by atoms with Gasteiger partial charge in [-0.25, -0.2) is 13.2 Å². The zero-order chi connectivity index (χ0) is 19.3. The number of hydrogen-bond donors (Lipinski definition) is 2. The fraction of sp³-hybridized carbons (Fsp3) is 0.278. The second kappa shape index (κ2) is 8.71. The van der Waals surface area contributed by atoms with E-state index in [0.29, 0.717) is 43.6 Å². The van der Waals surface area contributed by atoms with Crippen LogP contribution in [0.5, 0.6) is 0 Å². The van der Waals surface area contributed by atoms with Gasteiger partial charge in [0.05, 0.1) is 18.1 Å². The Morgan fingerprint density at radius 1 is 1.04 bits per heavy atom. The summed E-state index contributed by atoms with van der Waals surface area (Å²) in [6.07, 6.45) is 0. The van der Waals surface area contributed by atoms with Crippen molar-refractivity contribution in [3.05, 3.63) is 59.1 Å². The zero-order valence-corrected chi connectivity index (χ0v) is 16.1. The van der Waals surface area contributed by atoms with Crippen LogP contribution in [0.25, 0.3) is 0 Å². The molecule has 0 unspecified atom stereocenters. The van der Waals surface area contributed by atoms with E-state index < -0.39 is 10.0 Å². The van der Waals surface area contributed by atoms with Crippen molar-refractivity contribution in [2.24, 2.45) is 0 Å². The van der Waals surface area contributed by atoms with Crippen molar-refractivity contribution in [2.45, 2.75) is 11.4 Å². The third kappa shape index (κ3) is 5.20. The quantitative estimate of drug-likeness (QED) is 0.794. The molecule has 0 aromatic heterocycles. The van der Waals surface area contributed by atoms with Gasteiger partial charge >= 0.3 is 6.03 Å². The summed E-state index contributed by atoms with van der Waals surface area (Å²) in [5.74, 6) is 0. The van der Waals surface area contributed by atoms with Crippen molar-refractivity contribution in [3.8, 4) is 0 Å². The molecule has 0 aliphatic carbocycles. The highest BCUT2D eigenvalue weighted by molar-refractivity contribution is 7.89. The van der Waals surface area contributed by atoms with Gasteiger partial charge in [-0.1, -0.05) is 23.7 Å². The Balaban J connectivity index is 1.56. The lowest BCUT2D eigenvalue weighted by atomic mass is 10.2. The maximum absolute atomic E-state index is 12.6. The molecule has 2 amide bonds. The van der Waals surface area contributed by atoms with E-state index in [2.05, 4.69) is 10.6 Å². The van der Waals surface area contributed by atoms with E-state index in [-0.39, 0.29) is 10.9 Å². The van der Waals surface area contributed by atoms with Gasteiger partial charge in [-0.2, -0.15) is 4.31 Å². The van der Waals surface area contributed by atoms with Gasteiger partial charge in [-0.15, -0.1) is 0 Å². The van der Waals surface area contributed by atoms with Gasteiger partial charge in [0.2, 0.25) is 10.0 Å². The third-order valence-corrected chi connectivity index (χ3v) is 6.25. The number of amides is 2. The SMILES string of the molecule is O=C(NCc1ccc(Cl)cc1)Nc1ccc(S(=O)(=O)N2CCOCC2)cc1. The monoisotopic (exact) mass is 409 g/mol. The highest BCUT2D eigenvalue weighted by Gasteiger charge is 2.26. The molecule has 27 heavy (non-hydrogen) atoms. The van der Waals surface area contributed by atoms with Crippen molar-refractivity contribution in [1.29, 1.82) is 0 Å². The maximum Gasteiger partial charge on any atom is 0.319 e. The van der Waals surface area contributed by atoms with Gasteiger partial charge in [0, 0.05) is 30.3 Å². The molecule has 0 atom stereocenters. The molecule has 1 aliphatic heterocycles. The fourth-order valence-electron chi connectivity index (χ4n) is 2.61. The molecule has 1 saturated heterocycles. The van der Waals surface area contributed by atoms with Gasteiger partial charge in [-0.3, -0.25) is 0 Å². The average Bonchev–Trinajstić information content (AvgIpc) is 2.69. The number of urea groups is 1. The summed E-state index contributed by atoms with van der Waals surface area (Å²) in [6.45, 7) is 1.83. The Kier molecular flexibility index (Phi) is 6.33. The number of nitrogens with one attached hydrogen (secondary N) is 2. The number of benzene rings is 2. The molecular weight excluding hydrogens is 390 g/mol. The van der Waals surface area contributed by atoms with E-state index in [1.54, 1.807) is 24.3 Å². The van der Waals surface area contributed by atoms with Crippen LogP contribution in [-0.4, -0.2) is 45.1 Å². The van der Waals surface area contributed by atoms with Crippen LogP contribution < -0.4 is 10.6 Å². The van der Waals surface area contributed by atoms with Gasteiger partial charge in [-0.05, 0) is 42.0 Å². The van der Waals surface area contributed by atoms with Gasteiger partial charge in [0.1, 0.15) is 0 Å². The van der Waals surface area contributed by atoms with Crippen LogP contribution in [0, 0.1) is 0 Å². The van der Waals surface area contributed by atoms with Crippen molar-refractivity contribution in [2.75, 3.05) is 31.6 Å². The van der Waals surface area contributed by atoms with E-state index in [1.165, 1.54) is 16.4 Å². The molecule has 1 aliphatic rings. The number of rotatable bonds is 5. The molecule has 144 valence electrons. The van der Waals surface area contributed by atoms with Crippen LogP contribution in [0.4, 0.5) is 10.5 Å². The number of carbonyl (C=O) groups is 1. The molecular formula is C18H20ClN3O4S. The number of morpholine rings is 1. The summed E-state index contributed by atoms with van der Waals surface area (Å²) in [7, 11) is -3.54. The minimum atomic E-state index is -3.54. The van der Waals surface area contributed by atoms with Gasteiger partial charge in [0.15, 0.2) is 0 Å². The molecule has 2 aromatic carbocycles. The smallest absolute Gasteiger partial charge is 0.319 e. The fourth-order valence-corrected chi connectivity index (χ4v) is 4.14. The number of sulfonamides is 1. The standard InChI is InChI=1S/C18H20ClN3O4S/c19-15-3-1-14(2-4-15)13-20-18(23)21-16-5-7-17(8-6-16)27(24,25)22-9-11-26-12-10-22/h1-8H,9-13H2,(H2,20,21,23). The second-order valence-corrected chi connectivity index (χ2v) is 8.35. The van der Waals surface area contributed by atoms with E-state index >= 15 is 0 Å². The average molecular weight is 410 g/mol. The summed E-state index contributed by atoms with van der Waals surface area (Å²) in [5.41, 5.74) is 1.42. The molecule has 0 bridgehead atoms. The van der Waals surface area contributed by atoms with Crippen molar-refractivity contribution in [1.82, 2.24) is 9.62 Å². The minimum absolute atomic E-state index is 0.191. The number of nitrogens with zero attached hydrogens (tertiary/aromatic N) is 1. The van der Waals surface area contributed by atoms with E-state index in [1.807, 2.05) is 12.1 Å². The zero-order valence-electron chi connectivity index (χ0n) is 14.5. The molecule has 9 heteroatoms. The molecule has 0 spiro atoms. The highest BCUT2D eigenvalue weighted by Crippen LogP contribution is 2.19. The Hall–Kier alpha value is -2.13. The number of carbonyl (C=O) groups excluding carboxylic acids is 1. The lowest BCUT2D eigenvalue weighted by Gasteiger charge is -2.26. The summed E-state index contributed by atoms with van der Waals surface area (Å²) < 4.78 is 31.7. The van der Waals surface area contributed by atoms with Crippen LogP contribution in [-0.2, 0) is 21.3 Å². The molecule has 7 nitrogen and oxygen atoms in total. The normalized spacial score (nSPS) is 15.3. The predicted molar refractivity (Wildman–Crippen MR) is 103 cm³/mol. The molecule has 2 N–H and O–H groups in total.